The van der Waals surface area contributed by atoms with Crippen LogP contribution in [0, 0.1) is 13.8 Å². The summed E-state index contributed by atoms with van der Waals surface area (Å²) in [6, 6.07) is 4.96. The number of anilines is 1. The maximum atomic E-state index is 13.1. The van der Waals surface area contributed by atoms with E-state index in [9.17, 15) is 21.6 Å². The summed E-state index contributed by atoms with van der Waals surface area (Å²) in [6.07, 6.45) is -3.29. The molecule has 0 radical (unpaired) electrons. The van der Waals surface area contributed by atoms with Gasteiger partial charge in [0.15, 0.2) is 0 Å². The van der Waals surface area contributed by atoms with Crippen molar-refractivity contribution < 1.29 is 21.6 Å². The van der Waals surface area contributed by atoms with Crippen LogP contribution < -0.4 is 4.72 Å². The molecule has 0 aliphatic rings. The van der Waals surface area contributed by atoms with Crippen molar-refractivity contribution in [2.24, 2.45) is 0 Å². The highest BCUT2D eigenvalue weighted by atomic mass is 32.2. The average molecular weight is 371 g/mol. The largest absolute Gasteiger partial charge is 0.418 e. The van der Waals surface area contributed by atoms with Gasteiger partial charge in [-0.2, -0.15) is 26.6 Å². The van der Waals surface area contributed by atoms with Crippen LogP contribution in [0.2, 0.25) is 0 Å². The summed E-state index contributed by atoms with van der Waals surface area (Å²) >= 11 is 0. The number of nitrogens with one attached hydrogen (secondary N) is 1. The summed E-state index contributed by atoms with van der Waals surface area (Å²) in [5.41, 5.74) is -0.949. The molecule has 25 heavy (non-hydrogen) atoms. The molecule has 0 aliphatic heterocycles. The molecule has 11 heteroatoms. The zero-order valence-corrected chi connectivity index (χ0v) is 13.9. The van der Waals surface area contributed by atoms with Crippen LogP contribution >= 0.6 is 0 Å². The van der Waals surface area contributed by atoms with Gasteiger partial charge in [0.05, 0.1) is 11.3 Å². The fourth-order valence-electron chi connectivity index (χ4n) is 2.22. The topological polar surface area (TPSA) is 89.2 Å². The van der Waals surface area contributed by atoms with Crippen molar-refractivity contribution in [2.75, 3.05) is 4.72 Å². The summed E-state index contributed by atoms with van der Waals surface area (Å²) in [4.78, 5) is 7.65. The molecule has 0 saturated carbocycles. The van der Waals surface area contributed by atoms with Crippen LogP contribution in [0.5, 0.6) is 0 Å². The van der Waals surface area contributed by atoms with E-state index in [0.717, 1.165) is 6.07 Å². The van der Waals surface area contributed by atoms with Crippen molar-refractivity contribution in [3.8, 4) is 0 Å². The molecule has 0 amide bonds. The zero-order chi connectivity index (χ0) is 18.4. The predicted molar refractivity (Wildman–Crippen MR) is 82.5 cm³/mol. The Morgan fingerprint density at radius 2 is 1.88 bits per heavy atom. The molecule has 2 heterocycles. The van der Waals surface area contributed by atoms with E-state index in [0.29, 0.717) is 5.69 Å². The number of hydrogen-bond acceptors (Lipinski definition) is 5. The molecule has 1 aromatic carbocycles. The molecule has 3 rings (SSSR count). The first-order valence-electron chi connectivity index (χ1n) is 6.97. The lowest BCUT2D eigenvalue weighted by molar-refractivity contribution is -0.136. The normalized spacial score (nSPS) is 12.5. The molecule has 132 valence electrons. The highest BCUT2D eigenvalue weighted by molar-refractivity contribution is 7.92. The summed E-state index contributed by atoms with van der Waals surface area (Å²) < 4.78 is 67.5. The van der Waals surface area contributed by atoms with Crippen LogP contribution in [0.25, 0.3) is 5.78 Å². The van der Waals surface area contributed by atoms with Gasteiger partial charge in [0.1, 0.15) is 0 Å². The quantitative estimate of drug-likeness (QED) is 0.764. The highest BCUT2D eigenvalue weighted by Gasteiger charge is 2.35. The summed E-state index contributed by atoms with van der Waals surface area (Å²) in [5.74, 6) is 0.0289. The maximum Gasteiger partial charge on any atom is 0.418 e. The second-order valence-corrected chi connectivity index (χ2v) is 6.87. The zero-order valence-electron chi connectivity index (χ0n) is 13.0. The second kappa shape index (κ2) is 5.69. The smallest absolute Gasteiger partial charge is 0.276 e. The Balaban J connectivity index is 2.09. The molecule has 0 fully saturated rings. The number of aryl methyl sites for hydroxylation is 2. The van der Waals surface area contributed by atoms with Crippen molar-refractivity contribution in [3.05, 3.63) is 47.3 Å². The third-order valence-corrected chi connectivity index (χ3v) is 4.59. The molecule has 1 N–H and O–H groups in total. The number of alkyl halides is 3. The van der Waals surface area contributed by atoms with Gasteiger partial charge >= 0.3 is 6.18 Å². The first-order valence-corrected chi connectivity index (χ1v) is 8.46. The van der Waals surface area contributed by atoms with Crippen molar-refractivity contribution in [1.82, 2.24) is 19.6 Å². The van der Waals surface area contributed by atoms with Crippen molar-refractivity contribution in [2.45, 2.75) is 25.2 Å². The summed E-state index contributed by atoms with van der Waals surface area (Å²) in [5, 5.41) is 3.15. The molecule has 0 spiro atoms. The highest BCUT2D eigenvalue weighted by Crippen LogP contribution is 2.37. The Kier molecular flexibility index (Phi) is 3.90. The first kappa shape index (κ1) is 17.1. The van der Waals surface area contributed by atoms with Crippen molar-refractivity contribution in [3.63, 3.8) is 0 Å². The number of sulfonamides is 1. The molecule has 7 nitrogen and oxygen atoms in total. The molecule has 3 aromatic rings. The fourth-order valence-corrected chi connectivity index (χ4v) is 3.24. The Hall–Kier alpha value is -2.69. The van der Waals surface area contributed by atoms with E-state index >= 15 is 0 Å². The van der Waals surface area contributed by atoms with Crippen LogP contribution in [0.15, 0.2) is 35.6 Å². The molecule has 2 aromatic heterocycles. The number of nitrogens with zero attached hydrogens (tertiary/aromatic N) is 4. The van der Waals surface area contributed by atoms with Gasteiger partial charge in [-0.05, 0) is 31.5 Å². The lowest BCUT2D eigenvalue weighted by atomic mass is 10.1. The van der Waals surface area contributed by atoms with E-state index in [1.54, 1.807) is 13.0 Å². The minimum Gasteiger partial charge on any atom is -0.276 e. The SMILES string of the molecule is Cc1cccc(C(F)(F)F)c1NS(=O)(=O)c1nc2nccc(C)n2n1. The Morgan fingerprint density at radius 3 is 2.52 bits per heavy atom. The molecule has 0 unspecified atom stereocenters. The minimum absolute atomic E-state index is 0.0289. The minimum atomic E-state index is -4.71. The number of rotatable bonds is 3. The van der Waals surface area contributed by atoms with Gasteiger partial charge in [0.25, 0.3) is 21.0 Å². The van der Waals surface area contributed by atoms with E-state index in [1.165, 1.54) is 29.8 Å². The van der Waals surface area contributed by atoms with Crippen LogP contribution in [0.1, 0.15) is 16.8 Å². The van der Waals surface area contributed by atoms with Crippen LogP contribution in [-0.2, 0) is 16.2 Å². The van der Waals surface area contributed by atoms with Gasteiger partial charge in [-0.15, -0.1) is 5.10 Å². The molecule has 0 aliphatic carbocycles. The van der Waals surface area contributed by atoms with Crippen LogP contribution in [0.3, 0.4) is 0 Å². The molecule has 0 atom stereocenters. The third kappa shape index (κ3) is 3.14. The Morgan fingerprint density at radius 1 is 1.16 bits per heavy atom. The van der Waals surface area contributed by atoms with E-state index in [2.05, 4.69) is 15.1 Å². The monoisotopic (exact) mass is 371 g/mol. The lowest BCUT2D eigenvalue weighted by Crippen LogP contribution is -2.19. The number of para-hydroxylation sites is 1. The molecular weight excluding hydrogens is 359 g/mol. The standard InChI is InChI=1S/C14H12F3N5O2S/c1-8-4-3-5-10(14(15,16)17)11(8)21-25(23,24)13-19-12-18-7-6-9(2)22(12)20-13/h3-7,21H,1-2H3. The predicted octanol–water partition coefficient (Wildman–Crippen LogP) is 2.56. The van der Waals surface area contributed by atoms with Gasteiger partial charge < -0.3 is 0 Å². The number of fused-ring (bicyclic) bond motifs is 1. The third-order valence-electron chi connectivity index (χ3n) is 3.47. The van der Waals surface area contributed by atoms with E-state index in [-0.39, 0.29) is 11.3 Å². The molecule has 0 saturated heterocycles. The summed E-state index contributed by atoms with van der Waals surface area (Å²) in [7, 11) is -4.43. The lowest BCUT2D eigenvalue weighted by Gasteiger charge is -2.15. The van der Waals surface area contributed by atoms with Crippen LogP contribution in [-0.4, -0.2) is 28.0 Å². The van der Waals surface area contributed by atoms with Gasteiger partial charge in [0, 0.05) is 11.9 Å². The maximum absolute atomic E-state index is 13.1. The Labute approximate surface area is 140 Å². The Bertz CT molecular complexity index is 1060. The van der Waals surface area contributed by atoms with E-state index < -0.39 is 32.6 Å². The van der Waals surface area contributed by atoms with Crippen molar-refractivity contribution in [1.29, 1.82) is 0 Å². The van der Waals surface area contributed by atoms with Crippen LogP contribution in [0.4, 0.5) is 18.9 Å². The molecule has 0 bridgehead atoms. The number of aromatic nitrogens is 4. The van der Waals surface area contributed by atoms with Gasteiger partial charge in [-0.25, -0.2) is 9.50 Å². The van der Waals surface area contributed by atoms with E-state index in [4.69, 9.17) is 0 Å². The van der Waals surface area contributed by atoms with E-state index in [1.807, 2.05) is 4.72 Å². The van der Waals surface area contributed by atoms with Gasteiger partial charge in [-0.3, -0.25) is 4.72 Å². The number of benzene rings is 1. The number of hydrogen-bond donors (Lipinski definition) is 1. The second-order valence-electron chi connectivity index (χ2n) is 5.29. The number of halogens is 3. The van der Waals surface area contributed by atoms with Crippen molar-refractivity contribution >= 4 is 21.5 Å². The average Bonchev–Trinajstić information content (AvgIpc) is 2.94. The van der Waals surface area contributed by atoms with Gasteiger partial charge in [0.2, 0.25) is 0 Å². The fraction of sp³-hybridized carbons (Fsp3) is 0.214. The summed E-state index contributed by atoms with van der Waals surface area (Å²) in [6.45, 7) is 3.03. The molecular formula is C14H12F3N5O2S. The van der Waals surface area contributed by atoms with Gasteiger partial charge in [-0.1, -0.05) is 12.1 Å². The first-order chi connectivity index (χ1) is 11.6.